The minimum atomic E-state index is -0.589. The van der Waals surface area contributed by atoms with Crippen molar-refractivity contribution in [1.82, 2.24) is 9.80 Å². The summed E-state index contributed by atoms with van der Waals surface area (Å²) in [6.45, 7) is 7.73. The SMILES string of the molecule is CCC1CCC(C(=O)O)C(N2CCCN(C)CC2C)C1. The smallest absolute Gasteiger partial charge is 0.308 e. The predicted molar refractivity (Wildman–Crippen MR) is 80.8 cm³/mol. The van der Waals surface area contributed by atoms with E-state index in [1.165, 1.54) is 6.42 Å². The molecule has 20 heavy (non-hydrogen) atoms. The van der Waals surface area contributed by atoms with Gasteiger partial charge in [0.25, 0.3) is 0 Å². The van der Waals surface area contributed by atoms with E-state index >= 15 is 0 Å². The summed E-state index contributed by atoms with van der Waals surface area (Å²) in [7, 11) is 2.17. The fourth-order valence-corrected chi connectivity index (χ4v) is 4.14. The van der Waals surface area contributed by atoms with Gasteiger partial charge in [-0.2, -0.15) is 0 Å². The number of carboxylic acid groups (broad SMARTS) is 1. The van der Waals surface area contributed by atoms with Crippen molar-refractivity contribution in [3.05, 3.63) is 0 Å². The molecule has 2 rings (SSSR count). The first-order chi connectivity index (χ1) is 9.52. The van der Waals surface area contributed by atoms with Crippen LogP contribution in [0.15, 0.2) is 0 Å². The van der Waals surface area contributed by atoms with Gasteiger partial charge in [-0.15, -0.1) is 0 Å². The van der Waals surface area contributed by atoms with Gasteiger partial charge in [-0.05, 0) is 52.1 Å². The van der Waals surface area contributed by atoms with Crippen molar-refractivity contribution in [1.29, 1.82) is 0 Å². The summed E-state index contributed by atoms with van der Waals surface area (Å²) in [5.74, 6) is -0.0400. The summed E-state index contributed by atoms with van der Waals surface area (Å²) >= 11 is 0. The second-order valence-electron chi connectivity index (χ2n) is 6.80. The number of hydrogen-bond donors (Lipinski definition) is 1. The minimum absolute atomic E-state index is 0.163. The Bertz CT molecular complexity index is 334. The van der Waals surface area contributed by atoms with Crippen LogP contribution in [0.4, 0.5) is 0 Å². The number of carboxylic acids is 1. The van der Waals surface area contributed by atoms with Crippen LogP contribution in [0, 0.1) is 11.8 Å². The van der Waals surface area contributed by atoms with E-state index in [4.69, 9.17) is 0 Å². The lowest BCUT2D eigenvalue weighted by atomic mass is 9.76. The van der Waals surface area contributed by atoms with Crippen molar-refractivity contribution < 1.29 is 9.90 Å². The molecule has 2 fully saturated rings. The standard InChI is InChI=1S/C16H30N2O2/c1-4-13-6-7-14(16(19)20)15(10-13)18-9-5-8-17(3)11-12(18)2/h12-15H,4-11H2,1-3H3,(H,19,20). The Morgan fingerprint density at radius 1 is 1.30 bits per heavy atom. The third-order valence-electron chi connectivity index (χ3n) is 5.34. The first kappa shape index (κ1) is 15.8. The maximum Gasteiger partial charge on any atom is 0.308 e. The average Bonchev–Trinajstić information content (AvgIpc) is 2.58. The maximum absolute atomic E-state index is 11.6. The van der Waals surface area contributed by atoms with Crippen molar-refractivity contribution in [3.8, 4) is 0 Å². The molecule has 0 aromatic rings. The van der Waals surface area contributed by atoms with E-state index in [2.05, 4.69) is 30.7 Å². The zero-order valence-corrected chi connectivity index (χ0v) is 13.2. The second-order valence-corrected chi connectivity index (χ2v) is 6.80. The molecule has 0 aromatic heterocycles. The molecule has 0 spiro atoms. The van der Waals surface area contributed by atoms with Gasteiger partial charge in [-0.25, -0.2) is 0 Å². The molecule has 0 amide bonds. The lowest BCUT2D eigenvalue weighted by Crippen LogP contribution is -2.52. The van der Waals surface area contributed by atoms with Crippen LogP contribution in [0.1, 0.15) is 46.0 Å². The predicted octanol–water partition coefficient (Wildman–Crippen LogP) is 2.29. The molecule has 4 nitrogen and oxygen atoms in total. The van der Waals surface area contributed by atoms with Crippen LogP contribution in [0.3, 0.4) is 0 Å². The van der Waals surface area contributed by atoms with E-state index in [9.17, 15) is 9.90 Å². The second kappa shape index (κ2) is 6.90. The van der Waals surface area contributed by atoms with E-state index in [-0.39, 0.29) is 12.0 Å². The van der Waals surface area contributed by atoms with Gasteiger partial charge in [-0.3, -0.25) is 9.69 Å². The fraction of sp³-hybridized carbons (Fsp3) is 0.938. The van der Waals surface area contributed by atoms with Gasteiger partial charge >= 0.3 is 5.97 Å². The van der Waals surface area contributed by atoms with Gasteiger partial charge < -0.3 is 10.0 Å². The monoisotopic (exact) mass is 282 g/mol. The Hall–Kier alpha value is -0.610. The molecular formula is C16H30N2O2. The lowest BCUT2D eigenvalue weighted by molar-refractivity contribution is -0.146. The third kappa shape index (κ3) is 3.53. The van der Waals surface area contributed by atoms with E-state index < -0.39 is 5.97 Å². The molecule has 2 aliphatic rings. The summed E-state index contributed by atoms with van der Waals surface area (Å²) < 4.78 is 0. The van der Waals surface area contributed by atoms with Gasteiger partial charge in [0.15, 0.2) is 0 Å². The summed E-state index contributed by atoms with van der Waals surface area (Å²) in [4.78, 5) is 16.5. The minimum Gasteiger partial charge on any atom is -0.481 e. The van der Waals surface area contributed by atoms with E-state index in [1.807, 2.05) is 0 Å². The van der Waals surface area contributed by atoms with E-state index in [0.29, 0.717) is 12.0 Å². The highest BCUT2D eigenvalue weighted by Gasteiger charge is 2.39. The van der Waals surface area contributed by atoms with Crippen molar-refractivity contribution in [2.45, 2.75) is 58.0 Å². The Labute approximate surface area is 123 Å². The van der Waals surface area contributed by atoms with Crippen LogP contribution in [0.5, 0.6) is 0 Å². The molecule has 1 saturated carbocycles. The molecule has 0 aromatic carbocycles. The number of aliphatic carboxylic acids is 1. The van der Waals surface area contributed by atoms with Gasteiger partial charge in [-0.1, -0.05) is 13.3 Å². The van der Waals surface area contributed by atoms with Gasteiger partial charge in [0.1, 0.15) is 0 Å². The number of hydrogen-bond acceptors (Lipinski definition) is 3. The largest absolute Gasteiger partial charge is 0.481 e. The molecule has 1 aliphatic heterocycles. The quantitative estimate of drug-likeness (QED) is 0.862. The highest BCUT2D eigenvalue weighted by Crippen LogP contribution is 2.35. The number of rotatable bonds is 3. The van der Waals surface area contributed by atoms with E-state index in [1.54, 1.807) is 0 Å². The molecule has 0 radical (unpaired) electrons. The molecule has 4 unspecified atom stereocenters. The molecule has 1 saturated heterocycles. The lowest BCUT2D eigenvalue weighted by Gasteiger charge is -2.43. The van der Waals surface area contributed by atoms with E-state index in [0.717, 1.165) is 45.3 Å². The summed E-state index contributed by atoms with van der Waals surface area (Å²) in [6, 6.07) is 0.706. The van der Waals surface area contributed by atoms with Crippen molar-refractivity contribution in [2.75, 3.05) is 26.7 Å². The summed E-state index contributed by atoms with van der Waals surface area (Å²) in [5.41, 5.74) is 0. The van der Waals surface area contributed by atoms with Crippen LogP contribution in [0.25, 0.3) is 0 Å². The Balaban J connectivity index is 2.13. The molecular weight excluding hydrogens is 252 g/mol. The highest BCUT2D eigenvalue weighted by atomic mass is 16.4. The zero-order valence-electron chi connectivity index (χ0n) is 13.2. The van der Waals surface area contributed by atoms with Gasteiger partial charge in [0.05, 0.1) is 5.92 Å². The number of nitrogens with zero attached hydrogens (tertiary/aromatic N) is 2. The van der Waals surface area contributed by atoms with Crippen LogP contribution in [0.2, 0.25) is 0 Å². The number of carbonyl (C=O) groups is 1. The van der Waals surface area contributed by atoms with Crippen LogP contribution >= 0.6 is 0 Å². The molecule has 1 aliphatic carbocycles. The molecule has 0 bridgehead atoms. The van der Waals surface area contributed by atoms with Crippen molar-refractivity contribution >= 4 is 5.97 Å². The zero-order chi connectivity index (χ0) is 14.7. The summed E-state index contributed by atoms with van der Waals surface area (Å²) in [5, 5.41) is 9.57. The fourth-order valence-electron chi connectivity index (χ4n) is 4.14. The summed E-state index contributed by atoms with van der Waals surface area (Å²) in [6.07, 6.45) is 5.36. The molecule has 1 N–H and O–H groups in total. The Morgan fingerprint density at radius 2 is 2.05 bits per heavy atom. The normalized spacial score (nSPS) is 37.5. The van der Waals surface area contributed by atoms with Crippen molar-refractivity contribution in [2.24, 2.45) is 11.8 Å². The van der Waals surface area contributed by atoms with Gasteiger partial charge in [0.2, 0.25) is 0 Å². The molecule has 116 valence electrons. The molecule has 4 atom stereocenters. The van der Waals surface area contributed by atoms with Gasteiger partial charge in [0, 0.05) is 25.2 Å². The van der Waals surface area contributed by atoms with Crippen LogP contribution in [-0.4, -0.2) is 59.6 Å². The average molecular weight is 282 g/mol. The highest BCUT2D eigenvalue weighted by molar-refractivity contribution is 5.71. The Morgan fingerprint density at radius 3 is 2.70 bits per heavy atom. The topological polar surface area (TPSA) is 43.8 Å². The van der Waals surface area contributed by atoms with Crippen LogP contribution < -0.4 is 0 Å². The number of likely N-dealkylation sites (N-methyl/N-ethyl adjacent to an activating group) is 1. The first-order valence-corrected chi connectivity index (χ1v) is 8.20. The first-order valence-electron chi connectivity index (χ1n) is 8.20. The third-order valence-corrected chi connectivity index (χ3v) is 5.34. The van der Waals surface area contributed by atoms with Crippen molar-refractivity contribution in [3.63, 3.8) is 0 Å². The van der Waals surface area contributed by atoms with Crippen LogP contribution in [-0.2, 0) is 4.79 Å². The Kier molecular flexibility index (Phi) is 5.44. The molecule has 1 heterocycles. The maximum atomic E-state index is 11.6. The molecule has 4 heteroatoms.